The molecule has 104 valence electrons. The van der Waals surface area contributed by atoms with E-state index >= 15 is 0 Å². The average molecular weight is 280 g/mol. The first-order chi connectivity index (χ1) is 10.2. The van der Waals surface area contributed by atoms with Crippen LogP contribution in [0.3, 0.4) is 0 Å². The molecule has 2 aliphatic carbocycles. The van der Waals surface area contributed by atoms with E-state index in [9.17, 15) is 8.78 Å². The van der Waals surface area contributed by atoms with Gasteiger partial charge in [-0.25, -0.2) is 8.78 Å². The van der Waals surface area contributed by atoms with Gasteiger partial charge in [-0.2, -0.15) is 0 Å². The van der Waals surface area contributed by atoms with Gasteiger partial charge in [0.15, 0.2) is 0 Å². The number of hydrogen-bond donors (Lipinski definition) is 0. The third-order valence-corrected chi connectivity index (χ3v) is 4.38. The summed E-state index contributed by atoms with van der Waals surface area (Å²) in [6.45, 7) is 0. The SMILES string of the molecule is Fc1ccc(C2=CCCC3C2=Cc2ccc(F)cc23)cc1. The van der Waals surface area contributed by atoms with Crippen molar-refractivity contribution in [3.63, 3.8) is 0 Å². The number of benzene rings is 2. The minimum atomic E-state index is -0.225. The van der Waals surface area contributed by atoms with E-state index in [4.69, 9.17) is 0 Å². The Labute approximate surface area is 122 Å². The lowest BCUT2D eigenvalue weighted by Gasteiger charge is -2.23. The first kappa shape index (κ1) is 12.5. The maximum atomic E-state index is 13.5. The Morgan fingerprint density at radius 3 is 2.48 bits per heavy atom. The number of halogens is 2. The van der Waals surface area contributed by atoms with Gasteiger partial charge >= 0.3 is 0 Å². The van der Waals surface area contributed by atoms with Gasteiger partial charge in [0, 0.05) is 5.92 Å². The number of allylic oxidation sites excluding steroid dienone is 3. The standard InChI is InChI=1S/C19H14F2/c20-14-7-4-12(5-8-14)16-2-1-3-17-18-11-15(21)9-6-13(18)10-19(16)17/h2,4-11,17H,1,3H2. The summed E-state index contributed by atoms with van der Waals surface area (Å²) >= 11 is 0. The van der Waals surface area contributed by atoms with Gasteiger partial charge in [0.2, 0.25) is 0 Å². The van der Waals surface area contributed by atoms with E-state index in [1.807, 2.05) is 18.2 Å². The van der Waals surface area contributed by atoms with E-state index in [0.29, 0.717) is 0 Å². The van der Waals surface area contributed by atoms with Crippen molar-refractivity contribution in [2.45, 2.75) is 18.8 Å². The second-order valence-electron chi connectivity index (χ2n) is 5.63. The van der Waals surface area contributed by atoms with Crippen LogP contribution in [0.1, 0.15) is 35.4 Å². The Balaban J connectivity index is 1.79. The molecule has 0 radical (unpaired) electrons. The lowest BCUT2D eigenvalue weighted by molar-refractivity contribution is 0.620. The Bertz CT molecular complexity index is 767. The maximum absolute atomic E-state index is 13.5. The molecule has 0 nitrogen and oxygen atoms in total. The summed E-state index contributed by atoms with van der Waals surface area (Å²) in [6.07, 6.45) is 6.32. The first-order valence-electron chi connectivity index (χ1n) is 7.20. The summed E-state index contributed by atoms with van der Waals surface area (Å²) in [7, 11) is 0. The number of hydrogen-bond acceptors (Lipinski definition) is 0. The molecule has 0 amide bonds. The molecule has 2 heteroatoms. The fourth-order valence-electron chi connectivity index (χ4n) is 3.42. The van der Waals surface area contributed by atoms with Gasteiger partial charge in [-0.3, -0.25) is 0 Å². The van der Waals surface area contributed by atoms with Crippen molar-refractivity contribution in [3.05, 3.63) is 82.4 Å². The molecule has 0 fully saturated rings. The predicted octanol–water partition coefficient (Wildman–Crippen LogP) is 5.32. The highest BCUT2D eigenvalue weighted by Crippen LogP contribution is 2.48. The molecule has 2 aliphatic rings. The molecule has 0 saturated heterocycles. The highest BCUT2D eigenvalue weighted by molar-refractivity contribution is 5.90. The molecular weight excluding hydrogens is 266 g/mol. The van der Waals surface area contributed by atoms with Crippen LogP contribution in [0, 0.1) is 11.6 Å². The summed E-state index contributed by atoms with van der Waals surface area (Å²) in [5, 5.41) is 0. The molecule has 0 aliphatic heterocycles. The highest BCUT2D eigenvalue weighted by Gasteiger charge is 2.30. The molecule has 0 aromatic heterocycles. The van der Waals surface area contributed by atoms with Gasteiger partial charge in [-0.05, 0) is 64.9 Å². The van der Waals surface area contributed by atoms with Crippen LogP contribution in [0.2, 0.25) is 0 Å². The predicted molar refractivity (Wildman–Crippen MR) is 80.7 cm³/mol. The Hall–Kier alpha value is -2.22. The van der Waals surface area contributed by atoms with Gasteiger partial charge in [0.1, 0.15) is 11.6 Å². The summed E-state index contributed by atoms with van der Waals surface area (Å²) in [6, 6.07) is 11.6. The lowest BCUT2D eigenvalue weighted by atomic mass is 9.80. The largest absolute Gasteiger partial charge is 0.207 e. The zero-order chi connectivity index (χ0) is 14.4. The minimum Gasteiger partial charge on any atom is -0.207 e. The van der Waals surface area contributed by atoms with Crippen LogP contribution < -0.4 is 0 Å². The smallest absolute Gasteiger partial charge is 0.123 e. The summed E-state index contributed by atoms with van der Waals surface area (Å²) in [5.74, 6) is -0.139. The molecule has 1 atom stereocenters. The van der Waals surface area contributed by atoms with Crippen LogP contribution in [-0.2, 0) is 0 Å². The Morgan fingerprint density at radius 2 is 1.67 bits per heavy atom. The molecule has 0 spiro atoms. The van der Waals surface area contributed by atoms with Crippen LogP contribution >= 0.6 is 0 Å². The molecule has 21 heavy (non-hydrogen) atoms. The van der Waals surface area contributed by atoms with Crippen LogP contribution in [0.4, 0.5) is 8.78 Å². The van der Waals surface area contributed by atoms with Gasteiger partial charge < -0.3 is 0 Å². The molecular formula is C19H14F2. The second kappa shape index (κ2) is 4.66. The van der Waals surface area contributed by atoms with E-state index in [0.717, 1.165) is 35.1 Å². The van der Waals surface area contributed by atoms with Gasteiger partial charge in [-0.1, -0.05) is 30.4 Å². The maximum Gasteiger partial charge on any atom is 0.123 e. The van der Waals surface area contributed by atoms with E-state index in [-0.39, 0.29) is 17.6 Å². The van der Waals surface area contributed by atoms with E-state index in [2.05, 4.69) is 12.2 Å². The molecule has 4 rings (SSSR count). The molecule has 2 aromatic rings. The Morgan fingerprint density at radius 1 is 0.905 bits per heavy atom. The molecule has 2 aromatic carbocycles. The van der Waals surface area contributed by atoms with Crippen LogP contribution in [-0.4, -0.2) is 0 Å². The monoisotopic (exact) mass is 280 g/mol. The van der Waals surface area contributed by atoms with E-state index < -0.39 is 0 Å². The van der Waals surface area contributed by atoms with E-state index in [1.165, 1.54) is 23.8 Å². The minimum absolute atomic E-state index is 0.179. The highest BCUT2D eigenvalue weighted by atomic mass is 19.1. The zero-order valence-corrected chi connectivity index (χ0v) is 11.4. The third-order valence-electron chi connectivity index (χ3n) is 4.38. The normalized spacial score (nSPS) is 19.6. The van der Waals surface area contributed by atoms with Crippen molar-refractivity contribution in [1.82, 2.24) is 0 Å². The fourth-order valence-corrected chi connectivity index (χ4v) is 3.42. The fraction of sp³-hybridized carbons (Fsp3) is 0.158. The average Bonchev–Trinajstić information content (AvgIpc) is 2.86. The topological polar surface area (TPSA) is 0 Å². The van der Waals surface area contributed by atoms with Crippen molar-refractivity contribution in [1.29, 1.82) is 0 Å². The van der Waals surface area contributed by atoms with Crippen LogP contribution in [0.5, 0.6) is 0 Å². The van der Waals surface area contributed by atoms with Gasteiger partial charge in [0.05, 0.1) is 0 Å². The summed E-state index contributed by atoms with van der Waals surface area (Å²) < 4.78 is 26.6. The van der Waals surface area contributed by atoms with Gasteiger partial charge in [-0.15, -0.1) is 0 Å². The van der Waals surface area contributed by atoms with Crippen LogP contribution in [0.25, 0.3) is 11.6 Å². The Kier molecular flexibility index (Phi) is 2.78. The van der Waals surface area contributed by atoms with Crippen molar-refractivity contribution in [3.8, 4) is 0 Å². The zero-order valence-electron chi connectivity index (χ0n) is 11.4. The molecule has 0 heterocycles. The lowest BCUT2D eigenvalue weighted by Crippen LogP contribution is -2.06. The van der Waals surface area contributed by atoms with Crippen molar-refractivity contribution in [2.75, 3.05) is 0 Å². The van der Waals surface area contributed by atoms with Gasteiger partial charge in [0.25, 0.3) is 0 Å². The number of rotatable bonds is 1. The van der Waals surface area contributed by atoms with E-state index in [1.54, 1.807) is 6.07 Å². The van der Waals surface area contributed by atoms with Crippen molar-refractivity contribution >= 4 is 11.6 Å². The molecule has 0 saturated carbocycles. The third kappa shape index (κ3) is 2.02. The second-order valence-corrected chi connectivity index (χ2v) is 5.63. The van der Waals surface area contributed by atoms with Crippen LogP contribution in [0.15, 0.2) is 54.1 Å². The number of fused-ring (bicyclic) bond motifs is 3. The summed E-state index contributed by atoms with van der Waals surface area (Å²) in [5.41, 5.74) is 5.60. The first-order valence-corrected chi connectivity index (χ1v) is 7.20. The summed E-state index contributed by atoms with van der Waals surface area (Å²) in [4.78, 5) is 0. The molecule has 0 bridgehead atoms. The molecule has 0 N–H and O–H groups in total. The van der Waals surface area contributed by atoms with Crippen molar-refractivity contribution in [2.24, 2.45) is 0 Å². The van der Waals surface area contributed by atoms with Crippen molar-refractivity contribution < 1.29 is 8.78 Å². The quantitative estimate of drug-likeness (QED) is 0.663. The molecule has 1 unspecified atom stereocenters.